The number of nitrogens with one attached hydrogen (secondary N) is 1. The van der Waals surface area contributed by atoms with Crippen LogP contribution in [-0.4, -0.2) is 35.8 Å². The lowest BCUT2D eigenvalue weighted by atomic mass is 9.88. The van der Waals surface area contributed by atoms with Crippen molar-refractivity contribution in [2.24, 2.45) is 11.7 Å². The summed E-state index contributed by atoms with van der Waals surface area (Å²) in [5, 5.41) is 13.4. The van der Waals surface area contributed by atoms with E-state index in [1.54, 1.807) is 19.2 Å². The first kappa shape index (κ1) is 25.3. The van der Waals surface area contributed by atoms with Crippen LogP contribution in [0.1, 0.15) is 43.7 Å². The van der Waals surface area contributed by atoms with Crippen LogP contribution in [0, 0.1) is 5.92 Å². The van der Waals surface area contributed by atoms with Gasteiger partial charge >= 0.3 is 0 Å². The number of alkyl halides is 1. The SMILES string of the molecule is COc1ccc(CNC(=O)[C@H](CCC(C)(F)C(N)=O)C[C@@H](O)CCc2ccccc2)cc1. The van der Waals surface area contributed by atoms with E-state index in [2.05, 4.69) is 5.32 Å². The Morgan fingerprint density at radius 3 is 2.34 bits per heavy atom. The predicted molar refractivity (Wildman–Crippen MR) is 122 cm³/mol. The summed E-state index contributed by atoms with van der Waals surface area (Å²) in [4.78, 5) is 24.2. The minimum absolute atomic E-state index is 0.104. The molecule has 0 saturated heterocycles. The molecule has 0 fully saturated rings. The summed E-state index contributed by atoms with van der Waals surface area (Å²) in [6.07, 6.45) is 0.516. The van der Waals surface area contributed by atoms with Crippen LogP contribution in [0.25, 0.3) is 0 Å². The second-order valence-corrected chi connectivity index (χ2v) is 8.28. The topological polar surface area (TPSA) is 102 Å². The maximum Gasteiger partial charge on any atom is 0.254 e. The quantitative estimate of drug-likeness (QED) is 0.441. The molecular weight excluding hydrogens is 411 g/mol. The first-order valence-corrected chi connectivity index (χ1v) is 10.8. The molecule has 0 bridgehead atoms. The first-order chi connectivity index (χ1) is 15.2. The van der Waals surface area contributed by atoms with Gasteiger partial charge in [-0.15, -0.1) is 0 Å². The Morgan fingerprint density at radius 2 is 1.75 bits per heavy atom. The highest BCUT2D eigenvalue weighted by atomic mass is 19.1. The van der Waals surface area contributed by atoms with E-state index in [0.717, 1.165) is 18.1 Å². The van der Waals surface area contributed by atoms with Gasteiger partial charge in [-0.2, -0.15) is 0 Å². The number of halogens is 1. The Balaban J connectivity index is 1.97. The number of methoxy groups -OCH3 is 1. The molecule has 0 saturated carbocycles. The van der Waals surface area contributed by atoms with Gasteiger partial charge in [0.25, 0.3) is 5.91 Å². The molecule has 32 heavy (non-hydrogen) atoms. The number of carbonyl (C=O) groups is 2. The molecule has 0 heterocycles. The zero-order valence-electron chi connectivity index (χ0n) is 18.7. The average molecular weight is 445 g/mol. The third-order valence-corrected chi connectivity index (χ3v) is 5.64. The fraction of sp³-hybridized carbons (Fsp3) is 0.440. The molecule has 0 aliphatic rings. The molecule has 1 unspecified atom stereocenters. The monoisotopic (exact) mass is 444 g/mol. The summed E-state index contributed by atoms with van der Waals surface area (Å²) < 4.78 is 19.5. The van der Waals surface area contributed by atoms with E-state index in [1.807, 2.05) is 42.5 Å². The number of ether oxygens (including phenoxy) is 1. The van der Waals surface area contributed by atoms with Crippen LogP contribution >= 0.6 is 0 Å². The number of aliphatic hydroxyl groups is 1. The summed E-state index contributed by atoms with van der Waals surface area (Å²) in [5.41, 5.74) is 4.90. The van der Waals surface area contributed by atoms with Crippen LogP contribution in [0.2, 0.25) is 0 Å². The third kappa shape index (κ3) is 8.30. The Morgan fingerprint density at radius 1 is 1.09 bits per heavy atom. The van der Waals surface area contributed by atoms with Crippen molar-refractivity contribution in [2.75, 3.05) is 7.11 Å². The van der Waals surface area contributed by atoms with Gasteiger partial charge in [0.2, 0.25) is 5.91 Å². The zero-order chi connectivity index (χ0) is 23.6. The number of hydrogen-bond donors (Lipinski definition) is 3. The minimum atomic E-state index is -2.20. The van der Waals surface area contributed by atoms with Crippen molar-refractivity contribution < 1.29 is 23.8 Å². The van der Waals surface area contributed by atoms with Crippen molar-refractivity contribution >= 4 is 11.8 Å². The number of carbonyl (C=O) groups excluding carboxylic acids is 2. The van der Waals surface area contributed by atoms with Gasteiger partial charge in [0.1, 0.15) is 5.75 Å². The van der Waals surface area contributed by atoms with Crippen molar-refractivity contribution in [3.63, 3.8) is 0 Å². The molecule has 0 radical (unpaired) electrons. The van der Waals surface area contributed by atoms with E-state index in [1.165, 1.54) is 0 Å². The van der Waals surface area contributed by atoms with Crippen LogP contribution in [0.3, 0.4) is 0 Å². The predicted octanol–water partition coefficient (Wildman–Crippen LogP) is 3.31. The van der Waals surface area contributed by atoms with Crippen molar-refractivity contribution in [1.82, 2.24) is 5.32 Å². The summed E-state index contributed by atoms with van der Waals surface area (Å²) in [5.74, 6) is -1.28. The molecule has 6 nitrogen and oxygen atoms in total. The minimum Gasteiger partial charge on any atom is -0.497 e. The van der Waals surface area contributed by atoms with Gasteiger partial charge in [0.15, 0.2) is 5.67 Å². The Kier molecular flexibility index (Phi) is 9.65. The molecule has 3 atom stereocenters. The van der Waals surface area contributed by atoms with Crippen LogP contribution in [0.15, 0.2) is 54.6 Å². The summed E-state index contributed by atoms with van der Waals surface area (Å²) in [6, 6.07) is 17.0. The second kappa shape index (κ2) is 12.2. The number of primary amides is 1. The van der Waals surface area contributed by atoms with E-state index in [0.29, 0.717) is 25.1 Å². The van der Waals surface area contributed by atoms with E-state index >= 15 is 0 Å². The van der Waals surface area contributed by atoms with E-state index < -0.39 is 23.6 Å². The van der Waals surface area contributed by atoms with Crippen LogP contribution in [0.4, 0.5) is 4.39 Å². The summed E-state index contributed by atoms with van der Waals surface area (Å²) in [6.45, 7) is 1.41. The molecule has 0 spiro atoms. The van der Waals surface area contributed by atoms with Crippen molar-refractivity contribution in [3.8, 4) is 5.75 Å². The number of benzene rings is 2. The highest BCUT2D eigenvalue weighted by Gasteiger charge is 2.33. The fourth-order valence-corrected chi connectivity index (χ4v) is 3.43. The van der Waals surface area contributed by atoms with Crippen molar-refractivity contribution in [3.05, 3.63) is 65.7 Å². The van der Waals surface area contributed by atoms with E-state index in [4.69, 9.17) is 10.5 Å². The molecule has 2 amide bonds. The molecular formula is C25H33FN2O4. The Bertz CT molecular complexity index is 856. The highest BCUT2D eigenvalue weighted by molar-refractivity contribution is 5.83. The van der Waals surface area contributed by atoms with Gasteiger partial charge < -0.3 is 20.9 Å². The first-order valence-electron chi connectivity index (χ1n) is 10.8. The highest BCUT2D eigenvalue weighted by Crippen LogP contribution is 2.24. The normalized spacial score (nSPS) is 14.8. The molecule has 174 valence electrons. The largest absolute Gasteiger partial charge is 0.497 e. The smallest absolute Gasteiger partial charge is 0.254 e. The van der Waals surface area contributed by atoms with Gasteiger partial charge in [-0.25, -0.2) is 4.39 Å². The number of amides is 2. The number of hydrogen-bond acceptors (Lipinski definition) is 4. The number of nitrogens with two attached hydrogens (primary N) is 1. The van der Waals surface area contributed by atoms with Crippen LogP contribution in [0.5, 0.6) is 5.75 Å². The van der Waals surface area contributed by atoms with Gasteiger partial charge in [0.05, 0.1) is 13.2 Å². The van der Waals surface area contributed by atoms with Crippen LogP contribution in [-0.2, 0) is 22.6 Å². The maximum absolute atomic E-state index is 14.4. The third-order valence-electron chi connectivity index (χ3n) is 5.64. The van der Waals surface area contributed by atoms with Gasteiger partial charge in [0, 0.05) is 12.5 Å². The lowest BCUT2D eigenvalue weighted by Crippen LogP contribution is -2.39. The van der Waals surface area contributed by atoms with Crippen molar-refractivity contribution in [2.45, 2.75) is 57.3 Å². The van der Waals surface area contributed by atoms with Crippen molar-refractivity contribution in [1.29, 1.82) is 0 Å². The zero-order valence-corrected chi connectivity index (χ0v) is 18.7. The lowest BCUT2D eigenvalue weighted by Gasteiger charge is -2.23. The van der Waals surface area contributed by atoms with Gasteiger partial charge in [-0.3, -0.25) is 9.59 Å². The molecule has 0 aromatic heterocycles. The molecule has 0 aliphatic heterocycles. The van der Waals surface area contributed by atoms with Gasteiger partial charge in [-0.05, 0) is 62.3 Å². The number of aryl methyl sites for hydroxylation is 1. The fourth-order valence-electron chi connectivity index (χ4n) is 3.43. The van der Waals surface area contributed by atoms with Gasteiger partial charge in [-0.1, -0.05) is 42.5 Å². The number of rotatable bonds is 13. The molecule has 7 heteroatoms. The second-order valence-electron chi connectivity index (χ2n) is 8.28. The Labute approximate surface area is 189 Å². The summed E-state index contributed by atoms with van der Waals surface area (Å²) >= 11 is 0. The molecule has 2 aromatic rings. The molecule has 4 N–H and O–H groups in total. The maximum atomic E-state index is 14.4. The van der Waals surface area contributed by atoms with E-state index in [9.17, 15) is 19.1 Å². The van der Waals surface area contributed by atoms with Crippen LogP contribution < -0.4 is 15.8 Å². The summed E-state index contributed by atoms with van der Waals surface area (Å²) in [7, 11) is 1.58. The average Bonchev–Trinajstić information content (AvgIpc) is 2.79. The standard InChI is InChI=1S/C25H33FN2O4/c1-25(26,24(27)31)15-14-20(16-21(29)11-8-18-6-4-3-5-7-18)23(30)28-17-19-9-12-22(32-2)13-10-19/h3-7,9-10,12-13,20-21,29H,8,11,14-17H2,1-2H3,(H2,27,31)(H,28,30)/t20-,21+,25?/m1/s1. The molecule has 0 aliphatic carbocycles. The van der Waals surface area contributed by atoms with E-state index in [-0.39, 0.29) is 25.2 Å². The lowest BCUT2D eigenvalue weighted by molar-refractivity contribution is -0.131. The number of aliphatic hydroxyl groups excluding tert-OH is 1. The molecule has 2 rings (SSSR count). The Hall–Kier alpha value is -2.93. The molecule has 2 aromatic carbocycles.